The monoisotopic (exact) mass is 364 g/mol. The number of halogens is 1. The molecule has 128 valence electrons. The number of benzene rings is 2. The van der Waals surface area contributed by atoms with Crippen LogP contribution in [0.5, 0.6) is 17.2 Å². The number of aromatic nitrogens is 1. The van der Waals surface area contributed by atoms with Crippen LogP contribution >= 0.6 is 11.6 Å². The minimum atomic E-state index is -0.00277. The second-order valence-electron chi connectivity index (χ2n) is 4.97. The van der Waals surface area contributed by atoms with Crippen LogP contribution in [0.1, 0.15) is 0 Å². The number of para-hydroxylation sites is 1. The SMILES string of the molecule is N#CNC(=Nc1cc(Cl)ccc1Oc1cccnc1)Oc1ccccc1. The van der Waals surface area contributed by atoms with Gasteiger partial charge in [-0.25, -0.2) is 5.32 Å². The normalized spacial score (nSPS) is 10.7. The fourth-order valence-corrected chi connectivity index (χ4v) is 2.20. The summed E-state index contributed by atoms with van der Waals surface area (Å²) in [6.07, 6.45) is 5.03. The second kappa shape index (κ2) is 8.51. The highest BCUT2D eigenvalue weighted by Crippen LogP contribution is 2.34. The number of hydrogen-bond donors (Lipinski definition) is 1. The molecule has 1 N–H and O–H groups in total. The highest BCUT2D eigenvalue weighted by molar-refractivity contribution is 6.30. The van der Waals surface area contributed by atoms with Crippen LogP contribution in [-0.4, -0.2) is 11.0 Å². The van der Waals surface area contributed by atoms with Gasteiger partial charge in [-0.1, -0.05) is 29.8 Å². The number of pyridine rings is 1. The van der Waals surface area contributed by atoms with Crippen LogP contribution in [0.15, 0.2) is 78.0 Å². The highest BCUT2D eigenvalue weighted by atomic mass is 35.5. The van der Waals surface area contributed by atoms with Crippen molar-refractivity contribution in [1.29, 1.82) is 5.26 Å². The smallest absolute Gasteiger partial charge is 0.309 e. The van der Waals surface area contributed by atoms with Crippen molar-refractivity contribution in [2.24, 2.45) is 4.99 Å². The lowest BCUT2D eigenvalue weighted by atomic mass is 10.3. The number of aliphatic imine (C=N–C) groups is 1. The van der Waals surface area contributed by atoms with Crippen molar-refractivity contribution in [3.63, 3.8) is 0 Å². The van der Waals surface area contributed by atoms with Gasteiger partial charge in [0.05, 0.1) is 6.20 Å². The highest BCUT2D eigenvalue weighted by Gasteiger charge is 2.09. The van der Waals surface area contributed by atoms with Crippen LogP contribution in [0.3, 0.4) is 0 Å². The number of rotatable bonds is 4. The third-order valence-corrected chi connectivity index (χ3v) is 3.36. The van der Waals surface area contributed by atoms with Gasteiger partial charge in [-0.05, 0) is 42.5 Å². The number of nitriles is 1. The van der Waals surface area contributed by atoms with Crippen molar-refractivity contribution < 1.29 is 9.47 Å². The molecule has 0 aliphatic carbocycles. The standard InChI is InChI=1S/C19H13ClN4O2/c20-14-8-9-18(25-16-7-4-10-22-12-16)17(11-14)24-19(23-13-21)26-15-5-2-1-3-6-15/h1-12H,(H,23,24). The zero-order valence-electron chi connectivity index (χ0n) is 13.5. The maximum Gasteiger partial charge on any atom is 0.309 e. The van der Waals surface area contributed by atoms with E-state index in [4.69, 9.17) is 26.3 Å². The maximum absolute atomic E-state index is 8.96. The van der Waals surface area contributed by atoms with Gasteiger partial charge in [0.2, 0.25) is 0 Å². The van der Waals surface area contributed by atoms with Gasteiger partial charge in [-0.3, -0.25) is 4.98 Å². The van der Waals surface area contributed by atoms with Crippen molar-refractivity contribution in [3.8, 4) is 23.4 Å². The number of nitrogens with zero attached hydrogens (tertiary/aromatic N) is 3. The molecule has 0 fully saturated rings. The van der Waals surface area contributed by atoms with E-state index in [1.165, 1.54) is 0 Å². The van der Waals surface area contributed by atoms with Gasteiger partial charge in [-0.2, -0.15) is 10.3 Å². The van der Waals surface area contributed by atoms with E-state index in [0.717, 1.165) is 0 Å². The maximum atomic E-state index is 8.96. The molecule has 3 rings (SSSR count). The molecule has 1 heterocycles. The molecule has 0 aliphatic heterocycles. The zero-order valence-corrected chi connectivity index (χ0v) is 14.2. The summed E-state index contributed by atoms with van der Waals surface area (Å²) in [5.41, 5.74) is 0.398. The van der Waals surface area contributed by atoms with Gasteiger partial charge < -0.3 is 9.47 Å². The summed E-state index contributed by atoms with van der Waals surface area (Å²) < 4.78 is 11.4. The summed E-state index contributed by atoms with van der Waals surface area (Å²) in [6, 6.07) is 17.5. The molecule has 7 heteroatoms. The molecule has 1 aromatic heterocycles. The average Bonchev–Trinajstić information content (AvgIpc) is 2.66. The van der Waals surface area contributed by atoms with Crippen molar-refractivity contribution in [2.75, 3.05) is 0 Å². The Kier molecular flexibility index (Phi) is 5.65. The quantitative estimate of drug-likeness (QED) is 0.315. The Bertz CT molecular complexity index is 941. The first-order chi connectivity index (χ1) is 12.7. The van der Waals surface area contributed by atoms with E-state index in [1.807, 2.05) is 18.2 Å². The summed E-state index contributed by atoms with van der Waals surface area (Å²) in [5.74, 6) is 1.52. The van der Waals surface area contributed by atoms with Crippen molar-refractivity contribution in [3.05, 3.63) is 78.1 Å². The van der Waals surface area contributed by atoms with Gasteiger partial charge >= 0.3 is 6.02 Å². The Labute approximate surface area is 155 Å². The van der Waals surface area contributed by atoms with E-state index in [0.29, 0.717) is 28.0 Å². The fourth-order valence-electron chi connectivity index (χ4n) is 2.03. The summed E-state index contributed by atoms with van der Waals surface area (Å²) in [6.45, 7) is 0. The summed E-state index contributed by atoms with van der Waals surface area (Å²) in [5, 5.41) is 11.8. The molecule has 2 aromatic carbocycles. The van der Waals surface area contributed by atoms with Crippen LogP contribution in [0.25, 0.3) is 0 Å². The molecule has 0 aliphatic rings. The topological polar surface area (TPSA) is 79.5 Å². The zero-order chi connectivity index (χ0) is 18.2. The number of ether oxygens (including phenoxy) is 2. The van der Waals surface area contributed by atoms with Gasteiger partial charge in [-0.15, -0.1) is 0 Å². The van der Waals surface area contributed by atoms with E-state index in [9.17, 15) is 0 Å². The van der Waals surface area contributed by atoms with Crippen LogP contribution in [0.4, 0.5) is 5.69 Å². The largest absolute Gasteiger partial charge is 0.453 e. The Morgan fingerprint density at radius 1 is 1.08 bits per heavy atom. The van der Waals surface area contributed by atoms with E-state index >= 15 is 0 Å². The lowest BCUT2D eigenvalue weighted by molar-refractivity contribution is 0.480. The number of amidine groups is 1. The van der Waals surface area contributed by atoms with E-state index < -0.39 is 0 Å². The number of nitrogens with one attached hydrogen (secondary N) is 1. The average molecular weight is 365 g/mol. The van der Waals surface area contributed by atoms with Crippen molar-refractivity contribution >= 4 is 23.3 Å². The van der Waals surface area contributed by atoms with Crippen LogP contribution in [-0.2, 0) is 0 Å². The van der Waals surface area contributed by atoms with E-state index in [-0.39, 0.29) is 6.02 Å². The third-order valence-electron chi connectivity index (χ3n) is 3.13. The predicted octanol–water partition coefficient (Wildman–Crippen LogP) is 4.66. The predicted molar refractivity (Wildman–Crippen MR) is 98.7 cm³/mol. The van der Waals surface area contributed by atoms with Crippen LogP contribution < -0.4 is 14.8 Å². The molecule has 3 aromatic rings. The Hall–Kier alpha value is -3.56. The Morgan fingerprint density at radius 3 is 2.62 bits per heavy atom. The van der Waals surface area contributed by atoms with Gasteiger partial charge in [0.25, 0.3) is 0 Å². The number of hydrogen-bond acceptors (Lipinski definition) is 5. The molecule has 0 atom stereocenters. The molecule has 0 bridgehead atoms. The van der Waals surface area contributed by atoms with Gasteiger partial charge in [0.15, 0.2) is 11.9 Å². The first kappa shape index (κ1) is 17.3. The summed E-state index contributed by atoms with van der Waals surface area (Å²) >= 11 is 6.08. The molecule has 0 radical (unpaired) electrons. The minimum absolute atomic E-state index is 0.00277. The molecule has 26 heavy (non-hydrogen) atoms. The molecule has 0 spiro atoms. The first-order valence-electron chi connectivity index (χ1n) is 7.59. The van der Waals surface area contributed by atoms with Crippen molar-refractivity contribution in [1.82, 2.24) is 10.3 Å². The minimum Gasteiger partial charge on any atom is -0.453 e. The third kappa shape index (κ3) is 4.72. The molecular formula is C19H13ClN4O2. The van der Waals surface area contributed by atoms with E-state index in [2.05, 4.69) is 15.3 Å². The second-order valence-corrected chi connectivity index (χ2v) is 5.41. The summed E-state index contributed by atoms with van der Waals surface area (Å²) in [7, 11) is 0. The first-order valence-corrected chi connectivity index (χ1v) is 7.96. The molecule has 0 amide bonds. The van der Waals surface area contributed by atoms with Gasteiger partial charge in [0.1, 0.15) is 17.2 Å². The van der Waals surface area contributed by atoms with E-state index in [1.54, 1.807) is 61.1 Å². The van der Waals surface area contributed by atoms with Gasteiger partial charge in [0, 0.05) is 11.2 Å². The molecule has 6 nitrogen and oxygen atoms in total. The molecular weight excluding hydrogens is 352 g/mol. The van der Waals surface area contributed by atoms with Crippen LogP contribution in [0, 0.1) is 11.5 Å². The summed E-state index contributed by atoms with van der Waals surface area (Å²) in [4.78, 5) is 8.34. The Morgan fingerprint density at radius 2 is 1.88 bits per heavy atom. The fraction of sp³-hybridized carbons (Fsp3) is 0. The molecule has 0 saturated carbocycles. The van der Waals surface area contributed by atoms with Crippen molar-refractivity contribution in [2.45, 2.75) is 0 Å². The lowest BCUT2D eigenvalue weighted by Gasteiger charge is -2.10. The Balaban J connectivity index is 1.93. The molecule has 0 unspecified atom stereocenters. The molecule has 0 saturated heterocycles. The lowest BCUT2D eigenvalue weighted by Crippen LogP contribution is -2.24. The van der Waals surface area contributed by atoms with Crippen LogP contribution in [0.2, 0.25) is 5.02 Å².